The van der Waals surface area contributed by atoms with Crippen LogP contribution in [0.25, 0.3) is 0 Å². The maximum absolute atomic E-state index is 11.0. The quantitative estimate of drug-likeness (QED) is 0.629. The van der Waals surface area contributed by atoms with Crippen LogP contribution in [0.3, 0.4) is 0 Å². The number of aromatic carboxylic acids is 1. The molecule has 0 aliphatic carbocycles. The van der Waals surface area contributed by atoms with Crippen molar-refractivity contribution in [2.24, 2.45) is 0 Å². The van der Waals surface area contributed by atoms with E-state index in [9.17, 15) is 9.59 Å². The van der Waals surface area contributed by atoms with Gasteiger partial charge in [-0.15, -0.1) is 5.10 Å². The van der Waals surface area contributed by atoms with Gasteiger partial charge in [0, 0.05) is 13.7 Å². The second-order valence-electron chi connectivity index (χ2n) is 2.95. The lowest BCUT2D eigenvalue weighted by Crippen LogP contribution is -2.30. The van der Waals surface area contributed by atoms with Gasteiger partial charge in [0.2, 0.25) is 5.91 Å². The summed E-state index contributed by atoms with van der Waals surface area (Å²) in [6.45, 7) is 0.693. The normalized spacial score (nSPS) is 10.1. The Morgan fingerprint density at radius 3 is 2.94 bits per heavy atom. The number of aromatic nitrogens is 3. The van der Waals surface area contributed by atoms with Crippen LogP contribution in [0.1, 0.15) is 10.5 Å². The second-order valence-corrected chi connectivity index (χ2v) is 2.95. The van der Waals surface area contributed by atoms with Gasteiger partial charge in [0.15, 0.2) is 5.69 Å². The van der Waals surface area contributed by atoms with Crippen LogP contribution in [0.2, 0.25) is 0 Å². The Bertz CT molecular complexity index is 376. The van der Waals surface area contributed by atoms with Crippen molar-refractivity contribution in [1.29, 1.82) is 0 Å². The smallest absolute Gasteiger partial charge is 0.358 e. The van der Waals surface area contributed by atoms with Crippen molar-refractivity contribution in [2.75, 3.05) is 20.3 Å². The highest BCUT2D eigenvalue weighted by Crippen LogP contribution is 1.91. The molecular weight excluding hydrogens is 216 g/mol. The molecule has 0 aliphatic rings. The predicted octanol–water partition coefficient (Wildman–Crippen LogP) is -1.26. The molecule has 1 rings (SSSR count). The monoisotopic (exact) mass is 228 g/mol. The van der Waals surface area contributed by atoms with Crippen LogP contribution >= 0.6 is 0 Å². The minimum atomic E-state index is -1.13. The lowest BCUT2D eigenvalue weighted by atomic mass is 10.5. The van der Waals surface area contributed by atoms with Gasteiger partial charge in [-0.25, -0.2) is 9.48 Å². The molecule has 0 spiro atoms. The highest BCUT2D eigenvalue weighted by Gasteiger charge is 2.07. The standard InChI is InChI=1S/C8H12N4O4/c1-16-5-7(13)9-2-3-12-4-6(8(14)15)10-11-12/h4H,2-3,5H2,1H3,(H,9,13)(H,14,15). The molecule has 88 valence electrons. The third-order valence-electron chi connectivity index (χ3n) is 1.70. The van der Waals surface area contributed by atoms with Crippen molar-refractivity contribution in [1.82, 2.24) is 20.3 Å². The number of nitrogens with zero attached hydrogens (tertiary/aromatic N) is 3. The summed E-state index contributed by atoms with van der Waals surface area (Å²) in [6.07, 6.45) is 1.30. The molecule has 0 aromatic carbocycles. The number of nitrogens with one attached hydrogen (secondary N) is 1. The summed E-state index contributed by atoms with van der Waals surface area (Å²) >= 11 is 0. The zero-order chi connectivity index (χ0) is 12.0. The van der Waals surface area contributed by atoms with Crippen molar-refractivity contribution in [3.05, 3.63) is 11.9 Å². The second kappa shape index (κ2) is 5.81. The van der Waals surface area contributed by atoms with Crippen molar-refractivity contribution < 1.29 is 19.4 Å². The molecular formula is C8H12N4O4. The number of carbonyl (C=O) groups is 2. The number of carboxylic acids is 1. The van der Waals surface area contributed by atoms with Gasteiger partial charge in [-0.1, -0.05) is 5.21 Å². The first-order valence-corrected chi connectivity index (χ1v) is 4.52. The van der Waals surface area contributed by atoms with Gasteiger partial charge in [0.1, 0.15) is 6.61 Å². The van der Waals surface area contributed by atoms with Crippen LogP contribution in [0.4, 0.5) is 0 Å². The Kier molecular flexibility index (Phi) is 4.40. The van der Waals surface area contributed by atoms with E-state index in [-0.39, 0.29) is 18.2 Å². The first kappa shape index (κ1) is 12.1. The number of methoxy groups -OCH3 is 1. The van der Waals surface area contributed by atoms with E-state index in [0.29, 0.717) is 13.1 Å². The molecule has 0 aliphatic heterocycles. The molecule has 0 saturated heterocycles. The predicted molar refractivity (Wildman–Crippen MR) is 51.9 cm³/mol. The SMILES string of the molecule is COCC(=O)NCCn1cc(C(=O)O)nn1. The topological polar surface area (TPSA) is 106 Å². The molecule has 8 heteroatoms. The number of amides is 1. The number of hydrogen-bond donors (Lipinski definition) is 2. The molecule has 8 nitrogen and oxygen atoms in total. The van der Waals surface area contributed by atoms with E-state index in [1.807, 2.05) is 0 Å². The maximum atomic E-state index is 11.0. The molecule has 1 aromatic heterocycles. The van der Waals surface area contributed by atoms with E-state index in [1.54, 1.807) is 0 Å². The van der Waals surface area contributed by atoms with Gasteiger partial charge < -0.3 is 15.2 Å². The molecule has 16 heavy (non-hydrogen) atoms. The summed E-state index contributed by atoms with van der Waals surface area (Å²) < 4.78 is 5.96. The average Bonchev–Trinajstić information content (AvgIpc) is 2.67. The Labute approximate surface area is 91.2 Å². The highest BCUT2D eigenvalue weighted by atomic mass is 16.5. The van der Waals surface area contributed by atoms with E-state index < -0.39 is 5.97 Å². The van der Waals surface area contributed by atoms with Gasteiger partial charge in [-0.2, -0.15) is 0 Å². The van der Waals surface area contributed by atoms with Gasteiger partial charge in [-0.3, -0.25) is 4.79 Å². The van der Waals surface area contributed by atoms with E-state index in [4.69, 9.17) is 5.11 Å². The van der Waals surface area contributed by atoms with E-state index in [2.05, 4.69) is 20.4 Å². The third-order valence-corrected chi connectivity index (χ3v) is 1.70. The first-order chi connectivity index (χ1) is 7.63. The van der Waals surface area contributed by atoms with Crippen LogP contribution in [0, 0.1) is 0 Å². The molecule has 0 bridgehead atoms. The lowest BCUT2D eigenvalue weighted by molar-refractivity contribution is -0.124. The summed E-state index contributed by atoms with van der Waals surface area (Å²) in [5.74, 6) is -1.37. The first-order valence-electron chi connectivity index (χ1n) is 4.52. The third kappa shape index (κ3) is 3.65. The minimum absolute atomic E-state index is 0.00225. The molecule has 0 fully saturated rings. The maximum Gasteiger partial charge on any atom is 0.358 e. The van der Waals surface area contributed by atoms with E-state index in [1.165, 1.54) is 18.0 Å². The Morgan fingerprint density at radius 1 is 1.62 bits per heavy atom. The number of carbonyl (C=O) groups excluding carboxylic acids is 1. The fourth-order valence-electron chi connectivity index (χ4n) is 0.998. The molecule has 0 atom stereocenters. The van der Waals surface area contributed by atoms with Crippen molar-refractivity contribution in [2.45, 2.75) is 6.54 Å². The van der Waals surface area contributed by atoms with Gasteiger partial charge in [0.25, 0.3) is 0 Å². The fourth-order valence-corrected chi connectivity index (χ4v) is 0.998. The summed E-state index contributed by atoms with van der Waals surface area (Å²) in [5, 5.41) is 18.2. The number of hydrogen-bond acceptors (Lipinski definition) is 5. The fraction of sp³-hybridized carbons (Fsp3) is 0.500. The molecule has 0 unspecified atom stereocenters. The van der Waals surface area contributed by atoms with Gasteiger partial charge >= 0.3 is 5.97 Å². The summed E-state index contributed by atoms with van der Waals surface area (Å²) in [6, 6.07) is 0. The summed E-state index contributed by atoms with van der Waals surface area (Å²) in [7, 11) is 1.43. The Hall–Kier alpha value is -1.96. The zero-order valence-corrected chi connectivity index (χ0v) is 8.71. The zero-order valence-electron chi connectivity index (χ0n) is 8.71. The highest BCUT2D eigenvalue weighted by molar-refractivity contribution is 5.84. The number of ether oxygens (including phenoxy) is 1. The molecule has 0 saturated carbocycles. The van der Waals surface area contributed by atoms with Crippen LogP contribution in [0.5, 0.6) is 0 Å². The Morgan fingerprint density at radius 2 is 2.38 bits per heavy atom. The number of rotatable bonds is 6. The largest absolute Gasteiger partial charge is 0.476 e. The summed E-state index contributed by atoms with van der Waals surface area (Å²) in [5.41, 5.74) is -0.122. The molecule has 1 amide bonds. The molecule has 1 aromatic rings. The number of carboxylic acid groups (broad SMARTS) is 1. The average molecular weight is 228 g/mol. The van der Waals surface area contributed by atoms with Gasteiger partial charge in [-0.05, 0) is 0 Å². The molecule has 0 radical (unpaired) electrons. The van der Waals surface area contributed by atoms with Crippen molar-refractivity contribution in [3.63, 3.8) is 0 Å². The summed E-state index contributed by atoms with van der Waals surface area (Å²) in [4.78, 5) is 21.5. The van der Waals surface area contributed by atoms with E-state index >= 15 is 0 Å². The van der Waals surface area contributed by atoms with Gasteiger partial charge in [0.05, 0.1) is 12.7 Å². The van der Waals surface area contributed by atoms with Crippen LogP contribution in [0.15, 0.2) is 6.20 Å². The molecule has 1 heterocycles. The van der Waals surface area contributed by atoms with Crippen LogP contribution < -0.4 is 5.32 Å². The molecule has 2 N–H and O–H groups in total. The lowest BCUT2D eigenvalue weighted by Gasteiger charge is -2.03. The van der Waals surface area contributed by atoms with Crippen molar-refractivity contribution >= 4 is 11.9 Å². The minimum Gasteiger partial charge on any atom is -0.476 e. The van der Waals surface area contributed by atoms with Crippen LogP contribution in [-0.4, -0.2) is 52.2 Å². The van der Waals surface area contributed by atoms with Crippen LogP contribution in [-0.2, 0) is 16.1 Å². The van der Waals surface area contributed by atoms with E-state index in [0.717, 1.165) is 0 Å². The van der Waals surface area contributed by atoms with Crippen molar-refractivity contribution in [3.8, 4) is 0 Å². The Balaban J connectivity index is 2.32.